The Hall–Kier alpha value is -0.0951. The molecule has 0 aromatic rings. The molecule has 0 bridgehead atoms. The maximum absolute atomic E-state index is 10.4. The highest BCUT2D eigenvalue weighted by atomic mass is 16.8. The van der Waals surface area contributed by atoms with Gasteiger partial charge in [-0.25, -0.2) is 0 Å². The van der Waals surface area contributed by atoms with E-state index < -0.39 is 23.6 Å². The van der Waals surface area contributed by atoms with Gasteiger partial charge in [0.2, 0.25) is 0 Å². The molecule has 4 nitrogen and oxygen atoms in total. The summed E-state index contributed by atoms with van der Waals surface area (Å²) in [4.78, 5) is 0. The first-order valence-electron chi connectivity index (χ1n) is 8.67. The topological polar surface area (TPSA) is 58.9 Å². The Morgan fingerprint density at radius 3 is 1.05 bits per heavy atom. The van der Waals surface area contributed by atoms with Crippen LogP contribution in [-0.2, 0) is 9.31 Å². The van der Waals surface area contributed by atoms with Crippen molar-refractivity contribution in [3.63, 3.8) is 0 Å². The Balaban J connectivity index is 3.74. The minimum atomic E-state index is -3.30. The van der Waals surface area contributed by atoms with Crippen LogP contribution in [-0.4, -0.2) is 28.2 Å². The van der Waals surface area contributed by atoms with Crippen molar-refractivity contribution in [2.75, 3.05) is 0 Å². The van der Waals surface area contributed by atoms with Crippen LogP contribution >= 0.6 is 0 Å². The summed E-state index contributed by atoms with van der Waals surface area (Å²) in [6.45, 7) is 17.7. The lowest BCUT2D eigenvalue weighted by molar-refractivity contribution is -0.309. The molecular formula is C17H36BO4-. The van der Waals surface area contributed by atoms with Crippen molar-refractivity contribution in [1.29, 1.82) is 0 Å². The molecule has 2 N–H and O–H groups in total. The Labute approximate surface area is 136 Å². The van der Waals surface area contributed by atoms with Gasteiger partial charge in [-0.15, -0.1) is 0 Å². The minimum Gasteiger partial charge on any atom is -0.533 e. The molecule has 132 valence electrons. The maximum atomic E-state index is 10.4. The van der Waals surface area contributed by atoms with Crippen LogP contribution in [0.3, 0.4) is 0 Å². The van der Waals surface area contributed by atoms with Gasteiger partial charge < -0.3 is 19.4 Å². The summed E-state index contributed by atoms with van der Waals surface area (Å²) in [5, 5.41) is 20.9. The van der Waals surface area contributed by atoms with Gasteiger partial charge in [-0.3, -0.25) is 0 Å². The molecular weight excluding hydrogens is 279 g/mol. The lowest BCUT2D eigenvalue weighted by atomic mass is 9.49. The number of hydrogen-bond donors (Lipinski definition) is 2. The Kier molecular flexibility index (Phi) is 5.23. The van der Waals surface area contributed by atoms with E-state index in [0.29, 0.717) is 0 Å². The van der Waals surface area contributed by atoms with Crippen LogP contribution in [0.15, 0.2) is 0 Å². The maximum Gasteiger partial charge on any atom is 0.527 e. The van der Waals surface area contributed by atoms with Crippen molar-refractivity contribution in [2.24, 2.45) is 29.1 Å². The number of hydrogen-bond acceptors (Lipinski definition) is 4. The number of rotatable bonds is 4. The third-order valence-electron chi connectivity index (χ3n) is 6.08. The molecule has 1 rings (SSSR count). The molecule has 0 atom stereocenters. The average Bonchev–Trinajstić information content (AvgIpc) is 2.29. The second kappa shape index (κ2) is 5.76. The van der Waals surface area contributed by atoms with E-state index in [-0.39, 0.29) is 23.7 Å². The molecule has 1 aliphatic heterocycles. The highest BCUT2D eigenvalue weighted by molar-refractivity contribution is 6.50. The minimum absolute atomic E-state index is 0.115. The van der Waals surface area contributed by atoms with Crippen molar-refractivity contribution >= 4 is 6.96 Å². The molecule has 22 heavy (non-hydrogen) atoms. The van der Waals surface area contributed by atoms with Crippen LogP contribution in [0.2, 0.25) is 0 Å². The summed E-state index contributed by atoms with van der Waals surface area (Å²) in [6.07, 6.45) is 0. The fourth-order valence-corrected chi connectivity index (χ4v) is 5.90. The fraction of sp³-hybridized carbons (Fsp3) is 1.00. The zero-order chi connectivity index (χ0) is 17.7. The zero-order valence-electron chi connectivity index (χ0n) is 16.1. The molecule has 5 heteroatoms. The quantitative estimate of drug-likeness (QED) is 0.779. The summed E-state index contributed by atoms with van der Waals surface area (Å²) in [6, 6.07) is 0. The van der Waals surface area contributed by atoms with Crippen molar-refractivity contribution in [3.05, 3.63) is 0 Å². The smallest absolute Gasteiger partial charge is 0.527 e. The molecule has 1 saturated heterocycles. The van der Waals surface area contributed by atoms with Gasteiger partial charge in [0.1, 0.15) is 0 Å². The summed E-state index contributed by atoms with van der Waals surface area (Å²) in [5.74, 6) is 0.459. The molecule has 0 aromatic carbocycles. The predicted molar refractivity (Wildman–Crippen MR) is 91.0 cm³/mol. The van der Waals surface area contributed by atoms with Gasteiger partial charge in [0.05, 0.1) is 0 Å². The first-order valence-corrected chi connectivity index (χ1v) is 8.67. The molecule has 1 aliphatic rings. The first-order chi connectivity index (χ1) is 9.69. The van der Waals surface area contributed by atoms with Gasteiger partial charge in [-0.05, 0) is 23.7 Å². The van der Waals surface area contributed by atoms with Crippen LogP contribution < -0.4 is 0 Å². The molecule has 0 aromatic heterocycles. The molecule has 0 amide bonds. The van der Waals surface area contributed by atoms with Crippen LogP contribution in [0, 0.1) is 29.1 Å². The van der Waals surface area contributed by atoms with Crippen molar-refractivity contribution < 1.29 is 19.4 Å². The van der Waals surface area contributed by atoms with E-state index in [1.807, 2.05) is 0 Å². The third-order valence-corrected chi connectivity index (χ3v) is 6.08. The van der Waals surface area contributed by atoms with E-state index in [9.17, 15) is 10.0 Å². The highest BCUT2D eigenvalue weighted by Crippen LogP contribution is 2.61. The van der Waals surface area contributed by atoms with Gasteiger partial charge in [0, 0.05) is 16.6 Å². The Morgan fingerprint density at radius 2 is 0.864 bits per heavy atom. The molecule has 1 heterocycles. The molecule has 0 unspecified atom stereocenters. The van der Waals surface area contributed by atoms with Crippen LogP contribution in [0.1, 0.15) is 69.2 Å². The van der Waals surface area contributed by atoms with Crippen LogP contribution in [0.4, 0.5) is 0 Å². The Morgan fingerprint density at radius 1 is 0.636 bits per heavy atom. The molecule has 0 spiro atoms. The average molecular weight is 315 g/mol. The summed E-state index contributed by atoms with van der Waals surface area (Å²) >= 11 is 0. The predicted octanol–water partition coefficient (Wildman–Crippen LogP) is 3.58. The van der Waals surface area contributed by atoms with Crippen molar-refractivity contribution in [3.8, 4) is 0 Å². The fourth-order valence-electron chi connectivity index (χ4n) is 5.90. The van der Waals surface area contributed by atoms with Gasteiger partial charge in [0.15, 0.2) is 0 Å². The first kappa shape index (κ1) is 20.0. The second-order valence-electron chi connectivity index (χ2n) is 8.70. The van der Waals surface area contributed by atoms with E-state index in [1.165, 1.54) is 0 Å². The van der Waals surface area contributed by atoms with Gasteiger partial charge >= 0.3 is 6.96 Å². The molecule has 1 fully saturated rings. The highest BCUT2D eigenvalue weighted by Gasteiger charge is 2.67. The largest absolute Gasteiger partial charge is 0.533 e. The monoisotopic (exact) mass is 315 g/mol. The van der Waals surface area contributed by atoms with Crippen LogP contribution in [0.25, 0.3) is 0 Å². The summed E-state index contributed by atoms with van der Waals surface area (Å²) in [7, 11) is 0. The SMILES string of the molecule is CC(C)C1(C(C)C)O[B-](O)(O)OC(C(C)C)(C(C)C)C1(C)C. The van der Waals surface area contributed by atoms with E-state index >= 15 is 0 Å². The van der Waals surface area contributed by atoms with E-state index in [4.69, 9.17) is 9.31 Å². The normalized spacial score (nSPS) is 26.2. The van der Waals surface area contributed by atoms with Crippen LogP contribution in [0.5, 0.6) is 0 Å². The molecule has 0 radical (unpaired) electrons. The summed E-state index contributed by atoms with van der Waals surface area (Å²) in [5.41, 5.74) is -1.78. The van der Waals surface area contributed by atoms with Gasteiger partial charge in [-0.1, -0.05) is 69.2 Å². The van der Waals surface area contributed by atoms with Crippen molar-refractivity contribution in [2.45, 2.75) is 80.4 Å². The second-order valence-corrected chi connectivity index (χ2v) is 8.70. The van der Waals surface area contributed by atoms with E-state index in [2.05, 4.69) is 69.2 Å². The summed E-state index contributed by atoms with van der Waals surface area (Å²) < 4.78 is 11.8. The molecule has 0 saturated carbocycles. The molecule has 0 aliphatic carbocycles. The Bertz CT molecular complexity index is 349. The zero-order valence-corrected chi connectivity index (χ0v) is 16.1. The lowest BCUT2D eigenvalue weighted by Gasteiger charge is -2.72. The van der Waals surface area contributed by atoms with Gasteiger partial charge in [-0.2, -0.15) is 0 Å². The van der Waals surface area contributed by atoms with Gasteiger partial charge in [0.25, 0.3) is 0 Å². The van der Waals surface area contributed by atoms with Crippen molar-refractivity contribution in [1.82, 2.24) is 0 Å². The van der Waals surface area contributed by atoms with E-state index in [0.717, 1.165) is 0 Å². The lowest BCUT2D eigenvalue weighted by Crippen LogP contribution is -2.78. The standard InChI is InChI=1S/C17H36BO4/c1-11(2)16(12(3)4)15(9,10)17(13(5)6,14(7)8)22-18(19,20)21-16/h11-14,19-20H,1-10H3/q-1. The van der Waals surface area contributed by atoms with E-state index in [1.54, 1.807) is 0 Å². The third kappa shape index (κ3) is 2.45.